The van der Waals surface area contributed by atoms with E-state index < -0.39 is 11.6 Å². The van der Waals surface area contributed by atoms with Crippen LogP contribution in [0.3, 0.4) is 0 Å². The van der Waals surface area contributed by atoms with E-state index in [2.05, 4.69) is 4.98 Å². The van der Waals surface area contributed by atoms with Crippen molar-refractivity contribution in [2.24, 2.45) is 0 Å². The van der Waals surface area contributed by atoms with Crippen LogP contribution >= 0.6 is 0 Å². The van der Waals surface area contributed by atoms with Gasteiger partial charge in [0.25, 0.3) is 0 Å². The van der Waals surface area contributed by atoms with Crippen LogP contribution in [0.25, 0.3) is 10.9 Å². The van der Waals surface area contributed by atoms with Gasteiger partial charge in [-0.3, -0.25) is 4.79 Å². The maximum Gasteiger partial charge on any atom is 0.340 e. The number of carbonyl (C=O) groups is 2. The molecule has 1 aromatic heterocycles. The highest BCUT2D eigenvalue weighted by molar-refractivity contribution is 5.99. The van der Waals surface area contributed by atoms with Gasteiger partial charge in [0.2, 0.25) is 0 Å². The summed E-state index contributed by atoms with van der Waals surface area (Å²) in [5, 5.41) is 0.983. The number of fused-ring (bicyclic) bond motifs is 2. The average molecular weight is 440 g/mol. The predicted molar refractivity (Wildman–Crippen MR) is 127 cm³/mol. The minimum absolute atomic E-state index is 0.373. The summed E-state index contributed by atoms with van der Waals surface area (Å²) in [6.07, 6.45) is 0. The Morgan fingerprint density at radius 2 is 1.76 bits per heavy atom. The fourth-order valence-corrected chi connectivity index (χ4v) is 4.73. The molecule has 0 fully saturated rings. The number of anilines is 1. The largest absolute Gasteiger partial charge is 0.440 e. The third kappa shape index (κ3) is 3.18. The molecule has 33 heavy (non-hydrogen) atoms. The zero-order valence-corrected chi connectivity index (χ0v) is 18.9. The van der Waals surface area contributed by atoms with Gasteiger partial charge in [-0.25, -0.2) is 4.79 Å². The summed E-state index contributed by atoms with van der Waals surface area (Å²) < 4.78 is 11.5. The van der Waals surface area contributed by atoms with Crippen LogP contribution in [-0.2, 0) is 15.1 Å². The number of esters is 2. The number of aryl methyl sites for hydroxylation is 1. The first kappa shape index (κ1) is 20.8. The molecule has 0 aliphatic carbocycles. The quantitative estimate of drug-likeness (QED) is 0.360. The van der Waals surface area contributed by atoms with E-state index in [1.165, 1.54) is 6.92 Å². The number of H-pyrrole nitrogens is 1. The third-order valence-electron chi connectivity index (χ3n) is 6.13. The first-order valence-electron chi connectivity index (χ1n) is 10.7. The number of cyclic esters (lactones) is 1. The van der Waals surface area contributed by atoms with Crippen molar-refractivity contribution >= 4 is 28.5 Å². The monoisotopic (exact) mass is 440 g/mol. The summed E-state index contributed by atoms with van der Waals surface area (Å²) in [7, 11) is 3.87. The normalized spacial score (nSPS) is 17.0. The maximum absolute atomic E-state index is 13.3. The van der Waals surface area contributed by atoms with Crippen LogP contribution in [-0.4, -0.2) is 31.0 Å². The maximum atomic E-state index is 13.3. The molecular weight excluding hydrogens is 416 g/mol. The molecule has 2 heterocycles. The fourth-order valence-electron chi connectivity index (χ4n) is 4.73. The van der Waals surface area contributed by atoms with Crippen LogP contribution in [0.1, 0.15) is 39.7 Å². The molecule has 6 nitrogen and oxygen atoms in total. The van der Waals surface area contributed by atoms with E-state index >= 15 is 0 Å². The lowest BCUT2D eigenvalue weighted by molar-refractivity contribution is -0.131. The lowest BCUT2D eigenvalue weighted by atomic mass is 9.78. The summed E-state index contributed by atoms with van der Waals surface area (Å²) >= 11 is 0. The number of benzene rings is 3. The summed E-state index contributed by atoms with van der Waals surface area (Å²) in [5.41, 5.74) is 4.64. The SMILES string of the molecule is CC(=O)Oc1ccc(C2(c3c(C)[nH]c4ccccc34)OC(=O)c3cc(N(C)C)ccc32)cc1. The van der Waals surface area contributed by atoms with E-state index in [9.17, 15) is 9.59 Å². The highest BCUT2D eigenvalue weighted by Gasteiger charge is 2.50. The van der Waals surface area contributed by atoms with E-state index in [0.29, 0.717) is 11.3 Å². The summed E-state index contributed by atoms with van der Waals surface area (Å²) in [4.78, 5) is 30.1. The molecule has 5 rings (SSSR count). The molecule has 0 amide bonds. The van der Waals surface area contributed by atoms with Gasteiger partial charge >= 0.3 is 11.9 Å². The van der Waals surface area contributed by atoms with E-state index in [1.807, 2.05) is 80.5 Å². The Labute approximate surface area is 191 Å². The number of aromatic amines is 1. The van der Waals surface area contributed by atoms with Crippen LogP contribution in [0.5, 0.6) is 5.75 Å². The summed E-state index contributed by atoms with van der Waals surface area (Å²) in [6, 6.07) is 21.0. The molecular formula is C27H24N2O4. The number of ether oxygens (including phenoxy) is 2. The van der Waals surface area contributed by atoms with E-state index in [0.717, 1.165) is 39.0 Å². The van der Waals surface area contributed by atoms with Gasteiger partial charge in [0, 0.05) is 60.0 Å². The topological polar surface area (TPSA) is 71.6 Å². The Morgan fingerprint density at radius 1 is 1.03 bits per heavy atom. The van der Waals surface area contributed by atoms with Gasteiger partial charge in [-0.05, 0) is 37.3 Å². The highest BCUT2D eigenvalue weighted by Crippen LogP contribution is 2.51. The second-order valence-electron chi connectivity index (χ2n) is 8.48. The van der Waals surface area contributed by atoms with Crippen molar-refractivity contribution in [3.63, 3.8) is 0 Å². The van der Waals surface area contributed by atoms with Gasteiger partial charge in [-0.1, -0.05) is 36.4 Å². The van der Waals surface area contributed by atoms with Gasteiger partial charge in [0.05, 0.1) is 5.56 Å². The molecule has 1 unspecified atom stereocenters. The van der Waals surface area contributed by atoms with Crippen molar-refractivity contribution < 1.29 is 19.1 Å². The first-order chi connectivity index (χ1) is 15.8. The molecule has 4 aromatic rings. The lowest BCUT2D eigenvalue weighted by Crippen LogP contribution is -2.30. The van der Waals surface area contributed by atoms with Crippen molar-refractivity contribution in [2.75, 3.05) is 19.0 Å². The van der Waals surface area contributed by atoms with Crippen LogP contribution in [0, 0.1) is 6.92 Å². The molecule has 6 heteroatoms. The number of nitrogens with zero attached hydrogens (tertiary/aromatic N) is 1. The van der Waals surface area contributed by atoms with Crippen molar-refractivity contribution in [3.8, 4) is 5.75 Å². The van der Waals surface area contributed by atoms with Gasteiger partial charge < -0.3 is 19.4 Å². The molecule has 1 aliphatic rings. The fraction of sp³-hybridized carbons (Fsp3) is 0.185. The van der Waals surface area contributed by atoms with Gasteiger partial charge in [0.15, 0.2) is 5.60 Å². The van der Waals surface area contributed by atoms with Gasteiger partial charge in [-0.15, -0.1) is 0 Å². The minimum atomic E-state index is -1.14. The zero-order valence-electron chi connectivity index (χ0n) is 18.9. The van der Waals surface area contributed by atoms with Crippen molar-refractivity contribution in [1.29, 1.82) is 0 Å². The molecule has 166 valence electrons. The van der Waals surface area contributed by atoms with Crippen molar-refractivity contribution in [2.45, 2.75) is 19.4 Å². The number of rotatable bonds is 4. The second kappa shape index (κ2) is 7.52. The number of para-hydroxylation sites is 1. The summed E-state index contributed by atoms with van der Waals surface area (Å²) in [5.74, 6) is -0.328. The number of nitrogens with one attached hydrogen (secondary N) is 1. The Balaban J connectivity index is 1.81. The Hall–Kier alpha value is -4.06. The molecule has 1 N–H and O–H groups in total. The van der Waals surface area contributed by atoms with E-state index in [4.69, 9.17) is 9.47 Å². The van der Waals surface area contributed by atoms with Crippen LogP contribution in [0.2, 0.25) is 0 Å². The third-order valence-corrected chi connectivity index (χ3v) is 6.13. The number of aromatic nitrogens is 1. The highest BCUT2D eigenvalue weighted by atomic mass is 16.6. The lowest BCUT2D eigenvalue weighted by Gasteiger charge is -2.31. The molecule has 0 bridgehead atoms. The number of hydrogen-bond acceptors (Lipinski definition) is 5. The molecule has 0 radical (unpaired) electrons. The molecule has 1 atom stereocenters. The first-order valence-corrected chi connectivity index (χ1v) is 10.7. The zero-order chi connectivity index (χ0) is 23.3. The van der Waals surface area contributed by atoms with Gasteiger partial charge in [0.1, 0.15) is 5.75 Å². The smallest absolute Gasteiger partial charge is 0.340 e. The van der Waals surface area contributed by atoms with Crippen LogP contribution in [0.15, 0.2) is 66.7 Å². The van der Waals surface area contributed by atoms with Crippen LogP contribution in [0.4, 0.5) is 5.69 Å². The predicted octanol–water partition coefficient (Wildman–Crippen LogP) is 4.93. The Morgan fingerprint density at radius 3 is 2.45 bits per heavy atom. The molecule has 0 saturated heterocycles. The van der Waals surface area contributed by atoms with E-state index in [1.54, 1.807) is 12.1 Å². The molecule has 1 aliphatic heterocycles. The summed E-state index contributed by atoms with van der Waals surface area (Å²) in [6.45, 7) is 3.35. The van der Waals surface area contributed by atoms with Crippen LogP contribution < -0.4 is 9.64 Å². The molecule has 0 saturated carbocycles. The number of carbonyl (C=O) groups excluding carboxylic acids is 2. The number of hydrogen-bond donors (Lipinski definition) is 1. The standard InChI is InChI=1S/C27H24N2O4/c1-16-25(21-7-5-6-8-24(21)28-16)27(18-9-12-20(13-10-18)32-17(2)30)23-14-11-19(29(3)4)15-22(23)26(31)33-27/h5-15,28H,1-4H3. The molecule has 3 aromatic carbocycles. The molecule has 0 spiro atoms. The minimum Gasteiger partial charge on any atom is -0.440 e. The Bertz CT molecular complexity index is 1400. The van der Waals surface area contributed by atoms with E-state index in [-0.39, 0.29) is 5.97 Å². The second-order valence-corrected chi connectivity index (χ2v) is 8.48. The average Bonchev–Trinajstić information content (AvgIpc) is 3.27. The Kier molecular flexibility index (Phi) is 4.74. The van der Waals surface area contributed by atoms with Gasteiger partial charge in [-0.2, -0.15) is 0 Å². The van der Waals surface area contributed by atoms with Crippen molar-refractivity contribution in [3.05, 3.63) is 94.7 Å². The van der Waals surface area contributed by atoms with Crippen molar-refractivity contribution in [1.82, 2.24) is 4.98 Å².